The lowest BCUT2D eigenvalue weighted by Crippen LogP contribution is -2.29. The Kier molecular flexibility index (Phi) is 5.49. The summed E-state index contributed by atoms with van der Waals surface area (Å²) in [6.07, 6.45) is 5.73. The predicted molar refractivity (Wildman–Crippen MR) is 102 cm³/mol. The van der Waals surface area contributed by atoms with Crippen LogP contribution >= 0.6 is 0 Å². The van der Waals surface area contributed by atoms with E-state index < -0.39 is 0 Å². The summed E-state index contributed by atoms with van der Waals surface area (Å²) in [5.74, 6) is -0.345. The number of carbonyl (C=O) groups excluding carboxylic acids is 1. The first-order valence-corrected chi connectivity index (χ1v) is 8.75. The highest BCUT2D eigenvalue weighted by Crippen LogP contribution is 2.22. The monoisotopic (exact) mass is 336 g/mol. The molecule has 1 fully saturated rings. The number of nitrogens with zero attached hydrogens (tertiary/aromatic N) is 2. The van der Waals surface area contributed by atoms with Crippen molar-refractivity contribution in [3.05, 3.63) is 59.2 Å². The van der Waals surface area contributed by atoms with Crippen molar-refractivity contribution in [1.29, 1.82) is 0 Å². The van der Waals surface area contributed by atoms with Gasteiger partial charge in [-0.05, 0) is 61.6 Å². The summed E-state index contributed by atoms with van der Waals surface area (Å²) in [4.78, 5) is 18.6. The smallest absolute Gasteiger partial charge is 0.337 e. The number of ether oxygens (including phenoxy) is 1. The van der Waals surface area contributed by atoms with Gasteiger partial charge in [-0.3, -0.25) is 4.99 Å². The van der Waals surface area contributed by atoms with Crippen LogP contribution in [0.5, 0.6) is 0 Å². The first-order chi connectivity index (χ1) is 12.2. The van der Waals surface area contributed by atoms with E-state index in [1.165, 1.54) is 32.1 Å². The molecule has 1 heterocycles. The Morgan fingerprint density at radius 2 is 1.80 bits per heavy atom. The lowest BCUT2D eigenvalue weighted by molar-refractivity contribution is 0.0601. The van der Waals surface area contributed by atoms with Crippen molar-refractivity contribution in [1.82, 2.24) is 0 Å². The van der Waals surface area contributed by atoms with E-state index in [0.717, 1.165) is 29.9 Å². The highest BCUT2D eigenvalue weighted by atomic mass is 16.5. The van der Waals surface area contributed by atoms with Crippen LogP contribution in [0.3, 0.4) is 0 Å². The molecule has 4 heteroatoms. The molecule has 130 valence electrons. The molecule has 0 aromatic heterocycles. The third kappa shape index (κ3) is 4.27. The number of hydrogen-bond acceptors (Lipinski definition) is 4. The van der Waals surface area contributed by atoms with Gasteiger partial charge in [0.1, 0.15) is 0 Å². The molecule has 0 spiro atoms. The molecule has 4 nitrogen and oxygen atoms in total. The average Bonchev–Trinajstić information content (AvgIpc) is 2.68. The lowest BCUT2D eigenvalue weighted by Gasteiger charge is -2.28. The maximum Gasteiger partial charge on any atom is 0.337 e. The predicted octanol–water partition coefficient (Wildman–Crippen LogP) is 4.52. The SMILES string of the molecule is COC(=O)c1ccc(C)c(N=Cc2ccc(N3CCCCC3)cc2)c1. The summed E-state index contributed by atoms with van der Waals surface area (Å²) in [6, 6.07) is 13.9. The Bertz CT molecular complexity index is 760. The summed E-state index contributed by atoms with van der Waals surface area (Å²) in [6.45, 7) is 4.27. The second-order valence-electron chi connectivity index (χ2n) is 6.39. The van der Waals surface area contributed by atoms with Crippen LogP contribution in [0.2, 0.25) is 0 Å². The third-order valence-corrected chi connectivity index (χ3v) is 4.60. The zero-order chi connectivity index (χ0) is 17.6. The zero-order valence-electron chi connectivity index (χ0n) is 14.9. The van der Waals surface area contributed by atoms with Crippen LogP contribution in [0.4, 0.5) is 11.4 Å². The molecule has 2 aromatic carbocycles. The van der Waals surface area contributed by atoms with Gasteiger partial charge in [-0.15, -0.1) is 0 Å². The van der Waals surface area contributed by atoms with Crippen LogP contribution in [0.1, 0.15) is 40.7 Å². The lowest BCUT2D eigenvalue weighted by atomic mass is 10.1. The Morgan fingerprint density at radius 1 is 1.08 bits per heavy atom. The first-order valence-electron chi connectivity index (χ1n) is 8.75. The summed E-state index contributed by atoms with van der Waals surface area (Å²) in [7, 11) is 1.38. The van der Waals surface area contributed by atoms with Crippen LogP contribution < -0.4 is 4.90 Å². The van der Waals surface area contributed by atoms with Gasteiger partial charge in [0.15, 0.2) is 0 Å². The van der Waals surface area contributed by atoms with Gasteiger partial charge in [-0.2, -0.15) is 0 Å². The van der Waals surface area contributed by atoms with Crippen LogP contribution in [0.15, 0.2) is 47.5 Å². The van der Waals surface area contributed by atoms with E-state index in [0.29, 0.717) is 5.56 Å². The van der Waals surface area contributed by atoms with Gasteiger partial charge in [-0.25, -0.2) is 4.79 Å². The molecule has 0 unspecified atom stereocenters. The number of benzene rings is 2. The molecule has 0 aliphatic carbocycles. The minimum atomic E-state index is -0.345. The van der Waals surface area contributed by atoms with Crippen molar-refractivity contribution in [3.63, 3.8) is 0 Å². The number of hydrogen-bond donors (Lipinski definition) is 0. The van der Waals surface area contributed by atoms with E-state index >= 15 is 0 Å². The largest absolute Gasteiger partial charge is 0.465 e. The highest BCUT2D eigenvalue weighted by molar-refractivity contribution is 5.91. The first kappa shape index (κ1) is 17.2. The van der Waals surface area contributed by atoms with Crippen molar-refractivity contribution in [2.45, 2.75) is 26.2 Å². The molecule has 0 amide bonds. The van der Waals surface area contributed by atoms with Crippen LogP contribution in [-0.4, -0.2) is 32.4 Å². The standard InChI is InChI=1S/C21H24N2O2/c1-16-6-9-18(21(24)25-2)14-20(16)22-15-17-7-10-19(11-8-17)23-12-4-3-5-13-23/h6-11,14-15H,3-5,12-13H2,1-2H3. The number of esters is 1. The second kappa shape index (κ2) is 7.97. The average molecular weight is 336 g/mol. The molecule has 0 radical (unpaired) electrons. The van der Waals surface area contributed by atoms with E-state index in [1.54, 1.807) is 12.1 Å². The minimum Gasteiger partial charge on any atom is -0.465 e. The van der Waals surface area contributed by atoms with Gasteiger partial charge < -0.3 is 9.64 Å². The topological polar surface area (TPSA) is 41.9 Å². The van der Waals surface area contributed by atoms with Gasteiger partial charge in [0.2, 0.25) is 0 Å². The molecule has 0 bridgehead atoms. The number of rotatable bonds is 4. The van der Waals surface area contributed by atoms with Crippen molar-refractivity contribution >= 4 is 23.6 Å². The minimum absolute atomic E-state index is 0.345. The van der Waals surface area contributed by atoms with E-state index in [4.69, 9.17) is 4.74 Å². The van der Waals surface area contributed by atoms with Crippen LogP contribution in [0, 0.1) is 6.92 Å². The second-order valence-corrected chi connectivity index (χ2v) is 6.39. The van der Waals surface area contributed by atoms with Gasteiger partial charge >= 0.3 is 5.97 Å². The number of aliphatic imine (C=N–C) groups is 1. The molecule has 3 rings (SSSR count). The fourth-order valence-electron chi connectivity index (χ4n) is 3.06. The molecule has 1 aliphatic heterocycles. The molecule has 2 aromatic rings. The Balaban J connectivity index is 1.74. The molecule has 1 saturated heterocycles. The number of piperidine rings is 1. The van der Waals surface area contributed by atoms with Crippen molar-refractivity contribution in [2.24, 2.45) is 4.99 Å². The van der Waals surface area contributed by atoms with Crippen molar-refractivity contribution < 1.29 is 9.53 Å². The number of carbonyl (C=O) groups is 1. The van der Waals surface area contributed by atoms with E-state index in [9.17, 15) is 4.79 Å². The fraction of sp³-hybridized carbons (Fsp3) is 0.333. The van der Waals surface area contributed by atoms with E-state index in [2.05, 4.69) is 34.2 Å². The number of anilines is 1. The van der Waals surface area contributed by atoms with Gasteiger partial charge in [0.25, 0.3) is 0 Å². The molecule has 0 saturated carbocycles. The van der Waals surface area contributed by atoms with Gasteiger partial charge in [0.05, 0.1) is 18.4 Å². The third-order valence-electron chi connectivity index (χ3n) is 4.60. The quantitative estimate of drug-likeness (QED) is 0.609. The van der Waals surface area contributed by atoms with Crippen LogP contribution in [-0.2, 0) is 4.74 Å². The maximum atomic E-state index is 11.7. The van der Waals surface area contributed by atoms with Crippen molar-refractivity contribution in [2.75, 3.05) is 25.1 Å². The van der Waals surface area contributed by atoms with E-state index in [1.807, 2.05) is 19.2 Å². The Morgan fingerprint density at radius 3 is 2.48 bits per heavy atom. The molecular formula is C21H24N2O2. The van der Waals surface area contributed by atoms with Crippen molar-refractivity contribution in [3.8, 4) is 0 Å². The van der Waals surface area contributed by atoms with Gasteiger partial charge in [-0.1, -0.05) is 18.2 Å². The number of aryl methyl sites for hydroxylation is 1. The summed E-state index contributed by atoms with van der Waals surface area (Å²) in [5.41, 5.74) is 4.64. The van der Waals surface area contributed by atoms with Gasteiger partial charge in [0, 0.05) is 25.0 Å². The summed E-state index contributed by atoms with van der Waals surface area (Å²) in [5, 5.41) is 0. The van der Waals surface area contributed by atoms with E-state index in [-0.39, 0.29) is 5.97 Å². The highest BCUT2D eigenvalue weighted by Gasteiger charge is 2.10. The molecular weight excluding hydrogens is 312 g/mol. The number of methoxy groups -OCH3 is 1. The normalized spacial score (nSPS) is 14.7. The summed E-state index contributed by atoms with van der Waals surface area (Å²) < 4.78 is 4.77. The molecule has 0 N–H and O–H groups in total. The van der Waals surface area contributed by atoms with Crippen LogP contribution in [0.25, 0.3) is 0 Å². The zero-order valence-corrected chi connectivity index (χ0v) is 14.9. The molecule has 0 atom stereocenters. The maximum absolute atomic E-state index is 11.7. The Hall–Kier alpha value is -2.62. The summed E-state index contributed by atoms with van der Waals surface area (Å²) >= 11 is 0. The fourth-order valence-corrected chi connectivity index (χ4v) is 3.06. The Labute approximate surface area is 149 Å². The molecule has 1 aliphatic rings. The molecule has 25 heavy (non-hydrogen) atoms.